The van der Waals surface area contributed by atoms with E-state index in [4.69, 9.17) is 9.72 Å². The molecule has 1 amide bonds. The van der Waals surface area contributed by atoms with Crippen molar-refractivity contribution < 1.29 is 9.53 Å². The molecule has 0 atom stereocenters. The number of benzene rings is 2. The molecule has 0 unspecified atom stereocenters. The lowest BCUT2D eigenvalue weighted by molar-refractivity contribution is 0.0383. The van der Waals surface area contributed by atoms with Crippen molar-refractivity contribution in [2.75, 3.05) is 44.7 Å². The number of nitrogens with zero attached hydrogens (tertiary/aromatic N) is 2. The average molecular weight is 405 g/mol. The number of carbonyl (C=O) groups is 1. The maximum atomic E-state index is 13.0. The molecule has 2 aromatic carbocycles. The SMILES string of the molecule is Cc1cc(C)cc(Nc2cc(C(=O)NCCN3CCOCC3)c3ccccc3n2)c1. The fourth-order valence-corrected chi connectivity index (χ4v) is 3.87. The number of nitrogens with one attached hydrogen (secondary N) is 2. The molecule has 2 N–H and O–H groups in total. The summed E-state index contributed by atoms with van der Waals surface area (Å²) in [6.07, 6.45) is 0. The number of anilines is 2. The summed E-state index contributed by atoms with van der Waals surface area (Å²) in [5, 5.41) is 7.29. The Bertz CT molecular complexity index is 1020. The van der Waals surface area contributed by atoms with Crippen molar-refractivity contribution in [1.29, 1.82) is 0 Å². The standard InChI is InChI=1S/C24H28N4O2/c1-17-13-18(2)15-19(14-17)26-23-16-21(20-5-3-4-6-22(20)27-23)24(29)25-7-8-28-9-11-30-12-10-28/h3-6,13-16H,7-12H2,1-2H3,(H,25,29)(H,26,27). The molecule has 30 heavy (non-hydrogen) atoms. The number of hydrogen-bond donors (Lipinski definition) is 2. The Hall–Kier alpha value is -2.96. The minimum absolute atomic E-state index is 0.0784. The minimum Gasteiger partial charge on any atom is -0.379 e. The second kappa shape index (κ2) is 9.24. The summed E-state index contributed by atoms with van der Waals surface area (Å²) in [5.41, 5.74) is 4.76. The third kappa shape index (κ3) is 4.96. The predicted octanol–water partition coefficient (Wildman–Crippen LogP) is 3.66. The van der Waals surface area contributed by atoms with Crippen LogP contribution >= 0.6 is 0 Å². The van der Waals surface area contributed by atoms with Gasteiger partial charge in [0, 0.05) is 37.3 Å². The Balaban J connectivity index is 1.54. The Kier molecular flexibility index (Phi) is 6.26. The molecule has 0 spiro atoms. The van der Waals surface area contributed by atoms with E-state index in [2.05, 4.69) is 47.6 Å². The molecule has 156 valence electrons. The van der Waals surface area contributed by atoms with Crippen LogP contribution in [0.25, 0.3) is 10.9 Å². The first-order valence-corrected chi connectivity index (χ1v) is 10.4. The number of aromatic nitrogens is 1. The molecular formula is C24H28N4O2. The number of morpholine rings is 1. The number of carbonyl (C=O) groups excluding carboxylic acids is 1. The summed E-state index contributed by atoms with van der Waals surface area (Å²) in [6.45, 7) is 8.92. The average Bonchev–Trinajstić information content (AvgIpc) is 2.73. The van der Waals surface area contributed by atoms with Crippen LogP contribution in [0, 0.1) is 13.8 Å². The Labute approximate surface area is 177 Å². The first-order valence-electron chi connectivity index (χ1n) is 10.4. The van der Waals surface area contributed by atoms with E-state index < -0.39 is 0 Å². The highest BCUT2D eigenvalue weighted by atomic mass is 16.5. The summed E-state index contributed by atoms with van der Waals surface area (Å²) in [6, 6.07) is 15.9. The van der Waals surface area contributed by atoms with Crippen molar-refractivity contribution in [3.8, 4) is 0 Å². The fraction of sp³-hybridized carbons (Fsp3) is 0.333. The van der Waals surface area contributed by atoms with Crippen LogP contribution in [0.2, 0.25) is 0 Å². The highest BCUT2D eigenvalue weighted by Gasteiger charge is 2.15. The second-order valence-electron chi connectivity index (χ2n) is 7.78. The van der Waals surface area contributed by atoms with E-state index in [0.717, 1.165) is 49.4 Å². The van der Waals surface area contributed by atoms with E-state index in [0.29, 0.717) is 17.9 Å². The van der Waals surface area contributed by atoms with Crippen molar-refractivity contribution in [2.24, 2.45) is 0 Å². The van der Waals surface area contributed by atoms with Gasteiger partial charge in [-0.3, -0.25) is 9.69 Å². The van der Waals surface area contributed by atoms with Crippen molar-refractivity contribution in [3.05, 3.63) is 65.2 Å². The zero-order valence-corrected chi connectivity index (χ0v) is 17.6. The molecule has 6 nitrogen and oxygen atoms in total. The van der Waals surface area contributed by atoms with Crippen LogP contribution in [0.1, 0.15) is 21.5 Å². The molecule has 0 saturated carbocycles. The van der Waals surface area contributed by atoms with E-state index >= 15 is 0 Å². The molecule has 4 rings (SSSR count). The molecule has 1 aromatic heterocycles. The van der Waals surface area contributed by atoms with E-state index in [1.165, 1.54) is 11.1 Å². The number of pyridine rings is 1. The lowest BCUT2D eigenvalue weighted by Gasteiger charge is -2.26. The van der Waals surface area contributed by atoms with Crippen LogP contribution in [0.15, 0.2) is 48.5 Å². The van der Waals surface area contributed by atoms with Crippen LogP contribution in [-0.2, 0) is 4.74 Å². The molecule has 1 aliphatic heterocycles. The molecule has 0 radical (unpaired) electrons. The first-order chi connectivity index (χ1) is 14.6. The number of aryl methyl sites for hydroxylation is 2. The minimum atomic E-state index is -0.0784. The summed E-state index contributed by atoms with van der Waals surface area (Å²) in [7, 11) is 0. The van der Waals surface area contributed by atoms with Gasteiger partial charge in [0.2, 0.25) is 0 Å². The Morgan fingerprint density at radius 1 is 1.07 bits per heavy atom. The van der Waals surface area contributed by atoms with Gasteiger partial charge in [0.05, 0.1) is 24.3 Å². The van der Waals surface area contributed by atoms with Crippen molar-refractivity contribution in [2.45, 2.75) is 13.8 Å². The summed E-state index contributed by atoms with van der Waals surface area (Å²) < 4.78 is 5.38. The normalized spacial score (nSPS) is 14.6. The summed E-state index contributed by atoms with van der Waals surface area (Å²) in [5.74, 6) is 0.586. The molecule has 3 aromatic rings. The van der Waals surface area contributed by atoms with E-state index in [9.17, 15) is 4.79 Å². The van der Waals surface area contributed by atoms with Gasteiger partial charge in [0.15, 0.2) is 0 Å². The fourth-order valence-electron chi connectivity index (χ4n) is 3.87. The largest absolute Gasteiger partial charge is 0.379 e. The zero-order valence-electron chi connectivity index (χ0n) is 17.6. The topological polar surface area (TPSA) is 66.5 Å². The molecule has 1 aliphatic rings. The highest BCUT2D eigenvalue weighted by Crippen LogP contribution is 2.24. The van der Waals surface area contributed by atoms with Gasteiger partial charge in [-0.15, -0.1) is 0 Å². The molecular weight excluding hydrogens is 376 g/mol. The number of fused-ring (bicyclic) bond motifs is 1. The van der Waals surface area contributed by atoms with Crippen LogP contribution in [-0.4, -0.2) is 55.2 Å². The van der Waals surface area contributed by atoms with Crippen molar-refractivity contribution in [3.63, 3.8) is 0 Å². The van der Waals surface area contributed by atoms with Gasteiger partial charge in [0.1, 0.15) is 5.82 Å². The quantitative estimate of drug-likeness (QED) is 0.656. The predicted molar refractivity (Wildman–Crippen MR) is 121 cm³/mol. The first kappa shape index (κ1) is 20.3. The molecule has 0 aliphatic carbocycles. The van der Waals surface area contributed by atoms with E-state index in [1.54, 1.807) is 0 Å². The van der Waals surface area contributed by atoms with Crippen LogP contribution in [0.5, 0.6) is 0 Å². The molecule has 0 bridgehead atoms. The Morgan fingerprint density at radius 2 is 1.80 bits per heavy atom. The van der Waals surface area contributed by atoms with Crippen molar-refractivity contribution >= 4 is 28.3 Å². The van der Waals surface area contributed by atoms with E-state index in [-0.39, 0.29) is 5.91 Å². The van der Waals surface area contributed by atoms with E-state index in [1.807, 2.05) is 30.3 Å². The molecule has 1 saturated heterocycles. The number of amides is 1. The van der Waals surface area contributed by atoms with Crippen molar-refractivity contribution in [1.82, 2.24) is 15.2 Å². The third-order valence-corrected chi connectivity index (χ3v) is 5.27. The number of para-hydroxylation sites is 1. The van der Waals surface area contributed by atoms with Crippen LogP contribution < -0.4 is 10.6 Å². The zero-order chi connectivity index (χ0) is 20.9. The van der Waals surface area contributed by atoms with Gasteiger partial charge < -0.3 is 15.4 Å². The van der Waals surface area contributed by atoms with Gasteiger partial charge >= 0.3 is 0 Å². The highest BCUT2D eigenvalue weighted by molar-refractivity contribution is 6.07. The van der Waals surface area contributed by atoms with Gasteiger partial charge in [0.25, 0.3) is 5.91 Å². The second-order valence-corrected chi connectivity index (χ2v) is 7.78. The number of rotatable bonds is 6. The lowest BCUT2D eigenvalue weighted by Crippen LogP contribution is -2.41. The van der Waals surface area contributed by atoms with Gasteiger partial charge in [-0.05, 0) is 49.2 Å². The summed E-state index contributed by atoms with van der Waals surface area (Å²) in [4.78, 5) is 20.0. The van der Waals surface area contributed by atoms with Gasteiger partial charge in [-0.2, -0.15) is 0 Å². The smallest absolute Gasteiger partial charge is 0.252 e. The van der Waals surface area contributed by atoms with Gasteiger partial charge in [-0.25, -0.2) is 4.98 Å². The summed E-state index contributed by atoms with van der Waals surface area (Å²) >= 11 is 0. The van der Waals surface area contributed by atoms with Crippen LogP contribution in [0.3, 0.4) is 0 Å². The maximum absolute atomic E-state index is 13.0. The number of ether oxygens (including phenoxy) is 1. The molecule has 6 heteroatoms. The lowest BCUT2D eigenvalue weighted by atomic mass is 10.1. The number of hydrogen-bond acceptors (Lipinski definition) is 5. The monoisotopic (exact) mass is 404 g/mol. The Morgan fingerprint density at radius 3 is 2.57 bits per heavy atom. The van der Waals surface area contributed by atoms with Crippen LogP contribution in [0.4, 0.5) is 11.5 Å². The molecule has 2 heterocycles. The maximum Gasteiger partial charge on any atom is 0.252 e. The third-order valence-electron chi connectivity index (χ3n) is 5.27. The van der Waals surface area contributed by atoms with Gasteiger partial charge in [-0.1, -0.05) is 24.3 Å². The molecule has 1 fully saturated rings.